The third-order valence-electron chi connectivity index (χ3n) is 3.39. The standard InChI is InChI=1S/C14H22N2O3/c1-2-16(10-13-4-3-9-18-13)14(17)11-19-12-5-7-15-8-6-12/h3-4,9,12,15H,2,5-8,10-11H2,1H3. The molecule has 106 valence electrons. The summed E-state index contributed by atoms with van der Waals surface area (Å²) in [5.41, 5.74) is 0. The Balaban J connectivity index is 1.76. The van der Waals surface area contributed by atoms with E-state index in [1.165, 1.54) is 0 Å². The molecule has 2 rings (SSSR count). The molecule has 0 aromatic carbocycles. The minimum atomic E-state index is 0.0254. The van der Waals surface area contributed by atoms with Gasteiger partial charge in [-0.15, -0.1) is 0 Å². The number of hydrogen-bond acceptors (Lipinski definition) is 4. The van der Waals surface area contributed by atoms with Gasteiger partial charge in [-0.25, -0.2) is 0 Å². The third kappa shape index (κ3) is 4.36. The zero-order valence-electron chi connectivity index (χ0n) is 11.4. The average Bonchev–Trinajstić information content (AvgIpc) is 2.96. The molecule has 1 N–H and O–H groups in total. The topological polar surface area (TPSA) is 54.7 Å². The SMILES string of the molecule is CCN(Cc1ccco1)C(=O)COC1CCNCC1. The molecule has 0 aliphatic carbocycles. The van der Waals surface area contributed by atoms with Gasteiger partial charge in [-0.05, 0) is 45.0 Å². The number of amides is 1. The molecule has 0 atom stereocenters. The Morgan fingerprint density at radius 1 is 1.53 bits per heavy atom. The molecule has 0 spiro atoms. The van der Waals surface area contributed by atoms with Crippen LogP contribution in [0.2, 0.25) is 0 Å². The Labute approximate surface area is 113 Å². The van der Waals surface area contributed by atoms with E-state index in [0.29, 0.717) is 13.1 Å². The summed E-state index contributed by atoms with van der Waals surface area (Å²) in [6, 6.07) is 3.71. The lowest BCUT2D eigenvalue weighted by molar-refractivity contribution is -0.139. The molecule has 1 aliphatic heterocycles. The zero-order valence-corrected chi connectivity index (χ0v) is 11.4. The summed E-state index contributed by atoms with van der Waals surface area (Å²) >= 11 is 0. The Hall–Kier alpha value is -1.33. The molecule has 1 aromatic rings. The van der Waals surface area contributed by atoms with Crippen LogP contribution >= 0.6 is 0 Å². The Kier molecular flexibility index (Phi) is 5.42. The molecular weight excluding hydrogens is 244 g/mol. The predicted octanol–water partition coefficient (Wildman–Crippen LogP) is 1.40. The molecule has 0 saturated carbocycles. The lowest BCUT2D eigenvalue weighted by Gasteiger charge is -2.25. The number of rotatable bonds is 6. The van der Waals surface area contributed by atoms with Crippen LogP contribution in [0.5, 0.6) is 0 Å². The van der Waals surface area contributed by atoms with Crippen LogP contribution in [0.3, 0.4) is 0 Å². The second-order valence-corrected chi connectivity index (χ2v) is 4.75. The molecule has 19 heavy (non-hydrogen) atoms. The molecule has 1 saturated heterocycles. The van der Waals surface area contributed by atoms with Gasteiger partial charge >= 0.3 is 0 Å². The zero-order chi connectivity index (χ0) is 13.5. The van der Waals surface area contributed by atoms with Gasteiger partial charge in [0.15, 0.2) is 0 Å². The fourth-order valence-electron chi connectivity index (χ4n) is 2.21. The van der Waals surface area contributed by atoms with Gasteiger partial charge in [-0.2, -0.15) is 0 Å². The first kappa shape index (κ1) is 14.1. The van der Waals surface area contributed by atoms with Crippen LogP contribution in [-0.2, 0) is 16.1 Å². The van der Waals surface area contributed by atoms with Gasteiger partial charge in [-0.1, -0.05) is 0 Å². The lowest BCUT2D eigenvalue weighted by atomic mass is 10.1. The number of furan rings is 1. The second kappa shape index (κ2) is 7.31. The summed E-state index contributed by atoms with van der Waals surface area (Å²) in [4.78, 5) is 13.8. The number of ether oxygens (including phenoxy) is 1. The van der Waals surface area contributed by atoms with Crippen molar-refractivity contribution in [2.45, 2.75) is 32.4 Å². The van der Waals surface area contributed by atoms with Crippen molar-refractivity contribution >= 4 is 5.91 Å². The minimum Gasteiger partial charge on any atom is -0.467 e. The highest BCUT2D eigenvalue weighted by atomic mass is 16.5. The van der Waals surface area contributed by atoms with E-state index in [2.05, 4.69) is 5.32 Å². The Morgan fingerprint density at radius 3 is 2.95 bits per heavy atom. The molecule has 5 nitrogen and oxygen atoms in total. The maximum atomic E-state index is 12.1. The molecule has 1 amide bonds. The van der Waals surface area contributed by atoms with Gasteiger partial charge in [0, 0.05) is 6.54 Å². The summed E-state index contributed by atoms with van der Waals surface area (Å²) < 4.78 is 11.0. The largest absolute Gasteiger partial charge is 0.467 e. The van der Waals surface area contributed by atoms with Crippen molar-refractivity contribution in [3.05, 3.63) is 24.2 Å². The van der Waals surface area contributed by atoms with E-state index in [1.54, 1.807) is 11.2 Å². The molecule has 0 radical (unpaired) electrons. The molecule has 1 aliphatic rings. The third-order valence-corrected chi connectivity index (χ3v) is 3.39. The van der Waals surface area contributed by atoms with Crippen LogP contribution < -0.4 is 5.32 Å². The molecule has 0 bridgehead atoms. The van der Waals surface area contributed by atoms with Crippen LogP contribution in [0.25, 0.3) is 0 Å². The van der Waals surface area contributed by atoms with E-state index >= 15 is 0 Å². The predicted molar refractivity (Wildman–Crippen MR) is 71.6 cm³/mol. The number of nitrogens with zero attached hydrogens (tertiary/aromatic N) is 1. The van der Waals surface area contributed by atoms with Crippen molar-refractivity contribution in [2.75, 3.05) is 26.2 Å². The number of carbonyl (C=O) groups is 1. The number of piperidine rings is 1. The van der Waals surface area contributed by atoms with Crippen LogP contribution in [0, 0.1) is 0 Å². The quantitative estimate of drug-likeness (QED) is 0.845. The van der Waals surface area contributed by atoms with Crippen molar-refractivity contribution in [2.24, 2.45) is 0 Å². The summed E-state index contributed by atoms with van der Waals surface area (Å²) in [6.07, 6.45) is 3.81. The van der Waals surface area contributed by atoms with Crippen molar-refractivity contribution < 1.29 is 13.9 Å². The maximum absolute atomic E-state index is 12.1. The van der Waals surface area contributed by atoms with E-state index in [9.17, 15) is 4.79 Å². The molecule has 0 unspecified atom stereocenters. The average molecular weight is 266 g/mol. The summed E-state index contributed by atoms with van der Waals surface area (Å²) in [6.45, 7) is 5.25. The molecule has 5 heteroatoms. The highest BCUT2D eigenvalue weighted by Crippen LogP contribution is 2.09. The molecule has 2 heterocycles. The fourth-order valence-corrected chi connectivity index (χ4v) is 2.21. The highest BCUT2D eigenvalue weighted by molar-refractivity contribution is 5.77. The summed E-state index contributed by atoms with van der Waals surface area (Å²) in [5, 5.41) is 3.28. The number of carbonyl (C=O) groups excluding carboxylic acids is 1. The minimum absolute atomic E-state index is 0.0254. The van der Waals surface area contributed by atoms with Crippen LogP contribution in [-0.4, -0.2) is 43.2 Å². The highest BCUT2D eigenvalue weighted by Gasteiger charge is 2.18. The van der Waals surface area contributed by atoms with E-state index in [0.717, 1.165) is 31.7 Å². The summed E-state index contributed by atoms with van der Waals surface area (Å²) in [7, 11) is 0. The number of hydrogen-bond donors (Lipinski definition) is 1. The molecular formula is C14H22N2O3. The van der Waals surface area contributed by atoms with E-state index < -0.39 is 0 Å². The molecule has 1 aromatic heterocycles. The van der Waals surface area contributed by atoms with Gasteiger partial charge in [0.05, 0.1) is 18.9 Å². The summed E-state index contributed by atoms with van der Waals surface area (Å²) in [5.74, 6) is 0.828. The smallest absolute Gasteiger partial charge is 0.248 e. The normalized spacial score (nSPS) is 16.5. The first-order valence-corrected chi connectivity index (χ1v) is 6.92. The number of likely N-dealkylation sites (N-methyl/N-ethyl adjacent to an activating group) is 1. The first-order chi connectivity index (χ1) is 9.29. The van der Waals surface area contributed by atoms with Crippen molar-refractivity contribution in [1.29, 1.82) is 0 Å². The lowest BCUT2D eigenvalue weighted by Crippen LogP contribution is -2.37. The van der Waals surface area contributed by atoms with Crippen molar-refractivity contribution in [1.82, 2.24) is 10.2 Å². The maximum Gasteiger partial charge on any atom is 0.248 e. The van der Waals surface area contributed by atoms with Crippen molar-refractivity contribution in [3.63, 3.8) is 0 Å². The second-order valence-electron chi connectivity index (χ2n) is 4.75. The van der Waals surface area contributed by atoms with Crippen LogP contribution in [0.15, 0.2) is 22.8 Å². The molecule has 1 fully saturated rings. The van der Waals surface area contributed by atoms with Crippen LogP contribution in [0.1, 0.15) is 25.5 Å². The van der Waals surface area contributed by atoms with Gasteiger partial charge in [-0.3, -0.25) is 4.79 Å². The van der Waals surface area contributed by atoms with Crippen molar-refractivity contribution in [3.8, 4) is 0 Å². The first-order valence-electron chi connectivity index (χ1n) is 6.92. The fraction of sp³-hybridized carbons (Fsp3) is 0.643. The van der Waals surface area contributed by atoms with E-state index in [1.807, 2.05) is 19.1 Å². The Morgan fingerprint density at radius 2 is 2.32 bits per heavy atom. The monoisotopic (exact) mass is 266 g/mol. The van der Waals surface area contributed by atoms with Gasteiger partial charge in [0.2, 0.25) is 5.91 Å². The number of nitrogens with one attached hydrogen (secondary N) is 1. The van der Waals surface area contributed by atoms with E-state index in [4.69, 9.17) is 9.15 Å². The van der Waals surface area contributed by atoms with Gasteiger partial charge < -0.3 is 19.4 Å². The van der Waals surface area contributed by atoms with Gasteiger partial charge in [0.1, 0.15) is 12.4 Å². The van der Waals surface area contributed by atoms with Crippen LogP contribution in [0.4, 0.5) is 0 Å². The van der Waals surface area contributed by atoms with E-state index in [-0.39, 0.29) is 18.6 Å². The van der Waals surface area contributed by atoms with Gasteiger partial charge in [0.25, 0.3) is 0 Å². The Bertz CT molecular complexity index is 372.